The predicted molar refractivity (Wildman–Crippen MR) is 211 cm³/mol. The maximum Gasteiger partial charge on any atom is 0.509 e. The van der Waals surface area contributed by atoms with Crippen LogP contribution in [0.5, 0.6) is 0 Å². The second-order valence-electron chi connectivity index (χ2n) is 16.4. The first-order valence-electron chi connectivity index (χ1n) is 19.8. The first kappa shape index (κ1) is 44.0. The smallest absolute Gasteiger partial charge is 0.457 e. The lowest BCUT2D eigenvalue weighted by molar-refractivity contribution is -0.295. The number of benzene rings is 1. The van der Waals surface area contributed by atoms with Gasteiger partial charge in [0, 0.05) is 48.1 Å². The molecule has 3 aliphatic heterocycles. The van der Waals surface area contributed by atoms with E-state index in [0.29, 0.717) is 17.7 Å². The quantitative estimate of drug-likeness (QED) is 0.126. The summed E-state index contributed by atoms with van der Waals surface area (Å²) in [4.78, 5) is 53.3. The van der Waals surface area contributed by atoms with Crippen LogP contribution in [0.25, 0.3) is 10.9 Å². The standard InChI is InChI=1S/C43H59N3O11/c1-12-33-43(8)38(56-41(50)57-43)26(4)34(45-52-19-15-16-29-21-30-17-13-14-18-31(30)44-23-29)24(2)22-42(7,51-11)37(27(5)35(47)28(6)39(49)54-33)55-40-36(48)32(46(9)10)20-25(3)53-40/h13-14,17-18,21,23-28,32-33,36-38,40,48H,12,19-20,22H2,1-11H3/b45-34+/t24-,25-,26+,27+,28-,32+,33-,36-,37-,38-,40+,42-,43-/m1/s1. The van der Waals surface area contributed by atoms with Crippen LogP contribution in [0.3, 0.4) is 0 Å². The number of ketones is 1. The molecule has 3 aliphatic rings. The Hall–Kier alpha value is -4.13. The fourth-order valence-electron chi connectivity index (χ4n) is 8.65. The molecule has 3 fully saturated rings. The van der Waals surface area contributed by atoms with Crippen LogP contribution in [0.15, 0.2) is 41.7 Å². The first-order chi connectivity index (χ1) is 26.9. The fraction of sp³-hybridized carbons (Fsp3) is 0.651. The molecule has 0 amide bonds. The largest absolute Gasteiger partial charge is 0.509 e. The topological polar surface area (TPSA) is 165 Å². The van der Waals surface area contributed by atoms with Gasteiger partial charge >= 0.3 is 12.1 Å². The van der Waals surface area contributed by atoms with Gasteiger partial charge in [-0.15, -0.1) is 0 Å². The molecule has 0 unspecified atom stereocenters. The van der Waals surface area contributed by atoms with Crippen molar-refractivity contribution < 1.29 is 52.7 Å². The molecule has 57 heavy (non-hydrogen) atoms. The van der Waals surface area contributed by atoms with Gasteiger partial charge in [0.25, 0.3) is 0 Å². The Labute approximate surface area is 335 Å². The molecule has 0 bridgehead atoms. The van der Waals surface area contributed by atoms with Crippen LogP contribution < -0.4 is 0 Å². The van der Waals surface area contributed by atoms with Crippen molar-refractivity contribution in [2.45, 2.75) is 129 Å². The van der Waals surface area contributed by atoms with Crippen molar-refractivity contribution in [3.05, 3.63) is 42.1 Å². The monoisotopic (exact) mass is 793 g/mol. The number of oxime groups is 1. The van der Waals surface area contributed by atoms with Crippen LogP contribution in [0.2, 0.25) is 0 Å². The van der Waals surface area contributed by atoms with Crippen molar-refractivity contribution in [2.24, 2.45) is 28.8 Å². The Bertz CT molecular complexity index is 1860. The van der Waals surface area contributed by atoms with E-state index in [1.165, 1.54) is 14.0 Å². The molecule has 0 saturated carbocycles. The molecule has 5 rings (SSSR count). The Balaban J connectivity index is 1.54. The number of aliphatic hydroxyl groups excluding tert-OH is 1. The number of pyridine rings is 1. The number of nitrogens with zero attached hydrogens (tertiary/aromatic N) is 3. The molecule has 1 aromatic carbocycles. The molecular formula is C43H59N3O11. The van der Waals surface area contributed by atoms with Gasteiger partial charge in [0.15, 0.2) is 30.4 Å². The molecule has 14 nitrogen and oxygen atoms in total. The highest BCUT2D eigenvalue weighted by Gasteiger charge is 2.58. The van der Waals surface area contributed by atoms with E-state index >= 15 is 0 Å². The summed E-state index contributed by atoms with van der Waals surface area (Å²) < 4.78 is 36.8. The van der Waals surface area contributed by atoms with Gasteiger partial charge in [0.2, 0.25) is 0 Å². The van der Waals surface area contributed by atoms with Crippen molar-refractivity contribution in [1.29, 1.82) is 0 Å². The summed E-state index contributed by atoms with van der Waals surface area (Å²) in [6.45, 7) is 14.1. The number of hydrogen-bond donors (Lipinski definition) is 1. The third kappa shape index (κ3) is 9.44. The van der Waals surface area contributed by atoms with E-state index in [2.05, 4.69) is 22.0 Å². The normalized spacial score (nSPS) is 37.4. The Morgan fingerprint density at radius 1 is 1.05 bits per heavy atom. The molecule has 14 heteroatoms. The summed E-state index contributed by atoms with van der Waals surface area (Å²) in [5, 5.41) is 17.1. The number of aliphatic hydroxyl groups is 1. The molecular weight excluding hydrogens is 734 g/mol. The summed E-state index contributed by atoms with van der Waals surface area (Å²) in [5.74, 6) is 1.60. The van der Waals surface area contributed by atoms with Gasteiger partial charge in [0.05, 0.1) is 29.0 Å². The van der Waals surface area contributed by atoms with Gasteiger partial charge in [-0.25, -0.2) is 4.79 Å². The maximum atomic E-state index is 14.3. The van der Waals surface area contributed by atoms with Gasteiger partial charge in [-0.2, -0.15) is 0 Å². The molecule has 0 aliphatic carbocycles. The number of methoxy groups -OCH3 is 1. The summed E-state index contributed by atoms with van der Waals surface area (Å²) in [7, 11) is 5.28. The number of likely N-dealkylation sites (N-methyl/N-ethyl adjacent to an activating group) is 1. The molecule has 13 atom stereocenters. The highest BCUT2D eigenvalue weighted by molar-refractivity contribution is 6.00. The average molecular weight is 794 g/mol. The van der Waals surface area contributed by atoms with Crippen molar-refractivity contribution >= 4 is 34.5 Å². The second kappa shape index (κ2) is 18.2. The van der Waals surface area contributed by atoms with Crippen molar-refractivity contribution in [3.63, 3.8) is 0 Å². The van der Waals surface area contributed by atoms with E-state index in [1.54, 1.807) is 27.0 Å². The number of rotatable bonds is 7. The minimum absolute atomic E-state index is 0.0674. The van der Waals surface area contributed by atoms with Gasteiger partial charge in [-0.1, -0.05) is 62.9 Å². The number of cyclic esters (lactones) is 1. The van der Waals surface area contributed by atoms with Crippen molar-refractivity contribution in [2.75, 3.05) is 27.8 Å². The van der Waals surface area contributed by atoms with E-state index < -0.39 is 83.5 Å². The minimum Gasteiger partial charge on any atom is -0.457 e. The fourth-order valence-corrected chi connectivity index (χ4v) is 8.65. The van der Waals surface area contributed by atoms with Crippen molar-refractivity contribution in [3.8, 4) is 11.8 Å². The van der Waals surface area contributed by atoms with E-state index in [-0.39, 0.29) is 31.6 Å². The SMILES string of the molecule is CC[C@H]1OC(=O)[C@H](C)C(=O)[C@H](C)[C@@H](O[C@@H]2O[C@H](C)C[C@H](N(C)C)[C@H]2O)[C@](C)(OC)C[C@@H](C)/C(=N\OCC#Cc2cnc3ccccc3c2)[C@H](C)[C@H]2OC(=O)O[C@@]21C. The summed E-state index contributed by atoms with van der Waals surface area (Å²) in [5.41, 5.74) is -0.603. The lowest BCUT2D eigenvalue weighted by Gasteiger charge is -2.47. The molecule has 0 radical (unpaired) electrons. The third-order valence-corrected chi connectivity index (χ3v) is 11.9. The van der Waals surface area contributed by atoms with Gasteiger partial charge < -0.3 is 43.3 Å². The number of para-hydroxylation sites is 1. The number of esters is 1. The Morgan fingerprint density at radius 2 is 1.77 bits per heavy atom. The number of hydrogen-bond acceptors (Lipinski definition) is 14. The predicted octanol–water partition coefficient (Wildman–Crippen LogP) is 5.31. The lowest BCUT2D eigenvalue weighted by Crippen LogP contribution is -2.59. The molecule has 1 aromatic heterocycles. The van der Waals surface area contributed by atoms with Crippen LogP contribution in [0.1, 0.15) is 80.2 Å². The van der Waals surface area contributed by atoms with Crippen LogP contribution in [-0.4, -0.2) is 120 Å². The maximum absolute atomic E-state index is 14.3. The van der Waals surface area contributed by atoms with E-state index in [0.717, 1.165) is 10.9 Å². The molecule has 1 N–H and O–H groups in total. The van der Waals surface area contributed by atoms with E-state index in [9.17, 15) is 19.5 Å². The van der Waals surface area contributed by atoms with Gasteiger partial charge in [0.1, 0.15) is 18.1 Å². The first-order valence-corrected chi connectivity index (χ1v) is 19.8. The number of fused-ring (bicyclic) bond motifs is 2. The van der Waals surface area contributed by atoms with E-state index in [4.69, 9.17) is 33.3 Å². The molecule has 0 spiro atoms. The molecule has 312 valence electrons. The van der Waals surface area contributed by atoms with E-state index in [1.807, 2.05) is 77.0 Å². The average Bonchev–Trinajstić information content (AvgIpc) is 3.50. The van der Waals surface area contributed by atoms with Crippen LogP contribution in [0.4, 0.5) is 4.79 Å². The van der Waals surface area contributed by atoms with Gasteiger partial charge in [-0.05, 0) is 73.2 Å². The van der Waals surface area contributed by atoms with Crippen LogP contribution in [-0.2, 0) is 42.8 Å². The zero-order valence-corrected chi connectivity index (χ0v) is 35.0. The third-order valence-electron chi connectivity index (χ3n) is 11.9. The number of carbonyl (C=O) groups is 3. The Morgan fingerprint density at radius 3 is 2.46 bits per heavy atom. The van der Waals surface area contributed by atoms with Crippen molar-refractivity contribution in [1.82, 2.24) is 9.88 Å². The number of aromatic nitrogens is 1. The number of Topliss-reactive ketones (excluding diaryl/α,β-unsaturated/α-hetero) is 1. The number of carbonyl (C=O) groups excluding carboxylic acids is 3. The molecule has 4 heterocycles. The molecule has 2 aromatic rings. The highest BCUT2D eigenvalue weighted by Crippen LogP contribution is 2.42. The summed E-state index contributed by atoms with van der Waals surface area (Å²) in [6, 6.07) is 9.44. The summed E-state index contributed by atoms with van der Waals surface area (Å²) in [6.07, 6.45) is -3.55. The second-order valence-corrected chi connectivity index (χ2v) is 16.4. The zero-order valence-electron chi connectivity index (χ0n) is 35.0. The number of ether oxygens (including phenoxy) is 6. The Kier molecular flexibility index (Phi) is 14.0. The summed E-state index contributed by atoms with van der Waals surface area (Å²) >= 11 is 0. The minimum atomic E-state index is -1.44. The van der Waals surface area contributed by atoms with Crippen LogP contribution in [0, 0.1) is 35.5 Å². The van der Waals surface area contributed by atoms with Gasteiger partial charge in [-0.3, -0.25) is 14.6 Å². The molecule has 3 saturated heterocycles. The lowest BCUT2D eigenvalue weighted by atomic mass is 9.74. The highest BCUT2D eigenvalue weighted by atomic mass is 16.8. The zero-order chi connectivity index (χ0) is 41.8. The van der Waals surface area contributed by atoms with Crippen LogP contribution >= 0.6 is 0 Å².